The van der Waals surface area contributed by atoms with Crippen LogP contribution in [0.5, 0.6) is 5.75 Å². The van der Waals surface area contributed by atoms with Crippen molar-refractivity contribution in [1.82, 2.24) is 10.6 Å². The Morgan fingerprint density at radius 1 is 0.923 bits per heavy atom. The molecule has 2 amide bonds. The van der Waals surface area contributed by atoms with Gasteiger partial charge < -0.3 is 15.4 Å². The van der Waals surface area contributed by atoms with Crippen LogP contribution in [0.2, 0.25) is 0 Å². The van der Waals surface area contributed by atoms with Crippen LogP contribution in [0.15, 0.2) is 48.5 Å². The maximum Gasteiger partial charge on any atom is 0.235 e. The van der Waals surface area contributed by atoms with Gasteiger partial charge in [0.15, 0.2) is 0 Å². The van der Waals surface area contributed by atoms with E-state index in [0.29, 0.717) is 13.1 Å². The van der Waals surface area contributed by atoms with Crippen molar-refractivity contribution in [3.05, 3.63) is 65.2 Å². The molecule has 5 nitrogen and oxygen atoms in total. The first-order valence-electron chi connectivity index (χ1n) is 8.58. The first-order chi connectivity index (χ1) is 12.3. The molecule has 138 valence electrons. The van der Waals surface area contributed by atoms with E-state index >= 15 is 0 Å². The zero-order valence-electron chi connectivity index (χ0n) is 15.8. The summed E-state index contributed by atoms with van der Waals surface area (Å²) in [4.78, 5) is 25.0. The van der Waals surface area contributed by atoms with Gasteiger partial charge in [0.1, 0.15) is 11.2 Å². The van der Waals surface area contributed by atoms with Gasteiger partial charge in [-0.3, -0.25) is 9.59 Å². The molecule has 2 rings (SSSR count). The number of hydrogen-bond donors (Lipinski definition) is 2. The van der Waals surface area contributed by atoms with Crippen LogP contribution in [0.1, 0.15) is 30.5 Å². The molecule has 0 aliphatic rings. The third-order valence-electron chi connectivity index (χ3n) is 4.45. The number of ether oxygens (including phenoxy) is 1. The minimum atomic E-state index is -1.16. The second-order valence-corrected chi connectivity index (χ2v) is 6.76. The maximum atomic E-state index is 12.5. The van der Waals surface area contributed by atoms with Crippen molar-refractivity contribution in [3.8, 4) is 5.75 Å². The Balaban J connectivity index is 1.90. The molecule has 2 aromatic carbocycles. The Bertz CT molecular complexity index is 767. The Morgan fingerprint density at radius 3 is 2.08 bits per heavy atom. The van der Waals surface area contributed by atoms with Gasteiger partial charge in [-0.2, -0.15) is 0 Å². The molecule has 26 heavy (non-hydrogen) atoms. The summed E-state index contributed by atoms with van der Waals surface area (Å²) in [6, 6.07) is 15.3. The molecule has 0 saturated carbocycles. The van der Waals surface area contributed by atoms with Gasteiger partial charge in [-0.05, 0) is 49.6 Å². The number of aryl methyl sites for hydroxylation is 1. The molecule has 0 aliphatic carbocycles. The topological polar surface area (TPSA) is 67.4 Å². The zero-order chi connectivity index (χ0) is 19.2. The summed E-state index contributed by atoms with van der Waals surface area (Å²) in [7, 11) is 1.61. The van der Waals surface area contributed by atoms with E-state index in [4.69, 9.17) is 4.74 Å². The number of carbonyl (C=O) groups excluding carboxylic acids is 2. The lowest BCUT2D eigenvalue weighted by atomic mass is 9.90. The lowest BCUT2D eigenvalue weighted by molar-refractivity contribution is -0.141. The Kier molecular flexibility index (Phi) is 6.39. The van der Waals surface area contributed by atoms with Crippen molar-refractivity contribution < 1.29 is 14.3 Å². The van der Waals surface area contributed by atoms with E-state index in [1.54, 1.807) is 21.0 Å². The molecule has 0 bridgehead atoms. The zero-order valence-corrected chi connectivity index (χ0v) is 15.8. The van der Waals surface area contributed by atoms with Gasteiger partial charge in [0.05, 0.1) is 7.11 Å². The average Bonchev–Trinajstić information content (AvgIpc) is 2.65. The lowest BCUT2D eigenvalue weighted by Crippen LogP contribution is -2.47. The van der Waals surface area contributed by atoms with Crippen LogP contribution in [-0.4, -0.2) is 18.9 Å². The third-order valence-corrected chi connectivity index (χ3v) is 4.45. The van der Waals surface area contributed by atoms with E-state index in [1.165, 1.54) is 0 Å². The summed E-state index contributed by atoms with van der Waals surface area (Å²) < 4.78 is 5.11. The van der Waals surface area contributed by atoms with E-state index in [-0.39, 0.29) is 11.8 Å². The predicted octanol–water partition coefficient (Wildman–Crippen LogP) is 2.96. The molecule has 0 atom stereocenters. The molecule has 2 aromatic rings. The van der Waals surface area contributed by atoms with Crippen LogP contribution < -0.4 is 15.4 Å². The Hall–Kier alpha value is -2.82. The van der Waals surface area contributed by atoms with Crippen molar-refractivity contribution in [1.29, 1.82) is 0 Å². The average molecular weight is 354 g/mol. The maximum absolute atomic E-state index is 12.5. The highest BCUT2D eigenvalue weighted by molar-refractivity contribution is 6.04. The van der Waals surface area contributed by atoms with Crippen molar-refractivity contribution >= 4 is 11.8 Å². The normalized spacial score (nSPS) is 10.9. The van der Waals surface area contributed by atoms with Gasteiger partial charge in [-0.15, -0.1) is 0 Å². The standard InChI is InChI=1S/C21H26N2O3/c1-15-7-5-6-8-17(15)14-23-20(25)21(2,3)19(24)22-13-16-9-11-18(26-4)12-10-16/h5-12H,13-14H2,1-4H3,(H,22,24)(H,23,25). The van der Waals surface area contributed by atoms with Crippen LogP contribution in [0.4, 0.5) is 0 Å². The highest BCUT2D eigenvalue weighted by Crippen LogP contribution is 2.17. The molecule has 2 N–H and O–H groups in total. The second kappa shape index (κ2) is 8.52. The Labute approximate surface area is 154 Å². The van der Waals surface area contributed by atoms with Crippen LogP contribution in [0.25, 0.3) is 0 Å². The number of hydrogen-bond acceptors (Lipinski definition) is 3. The summed E-state index contributed by atoms with van der Waals surface area (Å²) in [5.41, 5.74) is 1.93. The summed E-state index contributed by atoms with van der Waals surface area (Å²) >= 11 is 0. The van der Waals surface area contributed by atoms with Gasteiger partial charge in [0, 0.05) is 13.1 Å². The molecular formula is C21H26N2O3. The highest BCUT2D eigenvalue weighted by atomic mass is 16.5. The molecule has 0 heterocycles. The van der Waals surface area contributed by atoms with Crippen LogP contribution in [0, 0.1) is 12.3 Å². The number of carbonyl (C=O) groups is 2. The molecule has 0 unspecified atom stereocenters. The van der Waals surface area contributed by atoms with Crippen molar-refractivity contribution in [2.24, 2.45) is 5.41 Å². The fourth-order valence-corrected chi connectivity index (χ4v) is 2.45. The van der Waals surface area contributed by atoms with Crippen molar-refractivity contribution in [2.45, 2.75) is 33.9 Å². The fourth-order valence-electron chi connectivity index (χ4n) is 2.45. The second-order valence-electron chi connectivity index (χ2n) is 6.76. The summed E-state index contributed by atoms with van der Waals surface area (Å²) in [5, 5.41) is 5.68. The fraction of sp³-hybridized carbons (Fsp3) is 0.333. The smallest absolute Gasteiger partial charge is 0.235 e. The predicted molar refractivity (Wildman–Crippen MR) is 102 cm³/mol. The minimum absolute atomic E-state index is 0.298. The van der Waals surface area contributed by atoms with Gasteiger partial charge in [-0.1, -0.05) is 36.4 Å². The monoisotopic (exact) mass is 354 g/mol. The minimum Gasteiger partial charge on any atom is -0.497 e. The molecule has 0 radical (unpaired) electrons. The van der Waals surface area contributed by atoms with Gasteiger partial charge >= 0.3 is 0 Å². The van der Waals surface area contributed by atoms with Gasteiger partial charge in [-0.25, -0.2) is 0 Å². The van der Waals surface area contributed by atoms with E-state index in [1.807, 2.05) is 55.5 Å². The molecule has 0 saturated heterocycles. The number of amides is 2. The molecule has 0 aliphatic heterocycles. The number of nitrogens with one attached hydrogen (secondary N) is 2. The Morgan fingerprint density at radius 2 is 1.50 bits per heavy atom. The largest absolute Gasteiger partial charge is 0.497 e. The van der Waals surface area contributed by atoms with Crippen LogP contribution in [-0.2, 0) is 22.7 Å². The third kappa shape index (κ3) is 4.85. The highest BCUT2D eigenvalue weighted by Gasteiger charge is 2.35. The van der Waals surface area contributed by atoms with E-state index < -0.39 is 5.41 Å². The van der Waals surface area contributed by atoms with Crippen LogP contribution >= 0.6 is 0 Å². The number of methoxy groups -OCH3 is 1. The first-order valence-corrected chi connectivity index (χ1v) is 8.58. The van der Waals surface area contributed by atoms with Crippen molar-refractivity contribution in [2.75, 3.05) is 7.11 Å². The van der Waals surface area contributed by atoms with E-state index in [9.17, 15) is 9.59 Å². The SMILES string of the molecule is COc1ccc(CNC(=O)C(C)(C)C(=O)NCc2ccccc2C)cc1. The lowest BCUT2D eigenvalue weighted by Gasteiger charge is -2.23. The van der Waals surface area contributed by atoms with Crippen molar-refractivity contribution in [3.63, 3.8) is 0 Å². The summed E-state index contributed by atoms with van der Waals surface area (Å²) in [5.74, 6) is 0.152. The molecule has 0 spiro atoms. The first kappa shape index (κ1) is 19.5. The van der Waals surface area contributed by atoms with Gasteiger partial charge in [0.2, 0.25) is 11.8 Å². The summed E-state index contributed by atoms with van der Waals surface area (Å²) in [6.07, 6.45) is 0. The van der Waals surface area contributed by atoms with Gasteiger partial charge in [0.25, 0.3) is 0 Å². The molecule has 0 fully saturated rings. The van der Waals surface area contributed by atoms with Crippen LogP contribution in [0.3, 0.4) is 0 Å². The number of benzene rings is 2. The quantitative estimate of drug-likeness (QED) is 0.751. The van der Waals surface area contributed by atoms with E-state index in [0.717, 1.165) is 22.4 Å². The molecule has 5 heteroatoms. The van der Waals surface area contributed by atoms with E-state index in [2.05, 4.69) is 10.6 Å². The number of rotatable bonds is 7. The molecule has 0 aromatic heterocycles. The summed E-state index contributed by atoms with van der Waals surface area (Å²) in [6.45, 7) is 6.01. The molecular weight excluding hydrogens is 328 g/mol.